The molecule has 0 spiro atoms. The van der Waals surface area contributed by atoms with Crippen molar-refractivity contribution in [2.24, 2.45) is 0 Å². The summed E-state index contributed by atoms with van der Waals surface area (Å²) in [5.41, 5.74) is 0. The van der Waals surface area contributed by atoms with Crippen LogP contribution in [0.1, 0.15) is 6.42 Å². The van der Waals surface area contributed by atoms with Crippen molar-refractivity contribution in [1.82, 2.24) is 14.2 Å². The van der Waals surface area contributed by atoms with Gasteiger partial charge in [0, 0.05) is 19.1 Å². The summed E-state index contributed by atoms with van der Waals surface area (Å²) in [6.45, 7) is 1.09. The highest BCUT2D eigenvalue weighted by atomic mass is 35.5. The minimum absolute atomic E-state index is 0.224. The first-order valence-corrected chi connectivity index (χ1v) is 7.82. The van der Waals surface area contributed by atoms with Crippen LogP contribution in [0.3, 0.4) is 0 Å². The summed E-state index contributed by atoms with van der Waals surface area (Å²) >= 11 is 6.67. The summed E-state index contributed by atoms with van der Waals surface area (Å²) < 4.78 is 26.5. The normalized spacial score (nSPS) is 22.5. The molecule has 2 rings (SSSR count). The second kappa shape index (κ2) is 4.81. The molecule has 5 nitrogen and oxygen atoms in total. The Kier molecular flexibility index (Phi) is 3.74. The predicted molar refractivity (Wildman–Crippen MR) is 68.0 cm³/mol. The quantitative estimate of drug-likeness (QED) is 0.838. The van der Waals surface area contributed by atoms with Crippen molar-refractivity contribution < 1.29 is 8.42 Å². The fraction of sp³-hybridized carbons (Fsp3) is 0.667. The van der Waals surface area contributed by atoms with Gasteiger partial charge in [-0.1, -0.05) is 22.9 Å². The van der Waals surface area contributed by atoms with Crippen LogP contribution in [0.4, 0.5) is 0 Å². The Morgan fingerprint density at radius 1 is 1.59 bits per heavy atom. The van der Waals surface area contributed by atoms with Crippen LogP contribution in [0.2, 0.25) is 4.47 Å². The number of rotatable bonds is 3. The molecule has 0 N–H and O–H groups in total. The number of likely N-dealkylation sites (N-methyl/N-ethyl adjacent to an activating group) is 1. The minimum Gasteiger partial charge on any atom is -0.305 e. The fourth-order valence-corrected chi connectivity index (χ4v) is 4.78. The van der Waals surface area contributed by atoms with Crippen molar-refractivity contribution in [3.63, 3.8) is 0 Å². The zero-order valence-corrected chi connectivity index (χ0v) is 12.0. The van der Waals surface area contributed by atoms with E-state index in [9.17, 15) is 8.42 Å². The maximum atomic E-state index is 12.2. The maximum absolute atomic E-state index is 12.2. The van der Waals surface area contributed by atoms with Gasteiger partial charge in [-0.15, -0.1) is 0 Å². The molecule has 1 aromatic rings. The van der Waals surface area contributed by atoms with Gasteiger partial charge in [-0.25, -0.2) is 13.4 Å². The van der Waals surface area contributed by atoms with Crippen LogP contribution in [0.25, 0.3) is 0 Å². The van der Waals surface area contributed by atoms with Gasteiger partial charge in [0.25, 0.3) is 10.0 Å². The largest absolute Gasteiger partial charge is 0.305 e. The third-order valence-electron chi connectivity index (χ3n) is 2.91. The molecule has 0 bridgehead atoms. The van der Waals surface area contributed by atoms with Crippen LogP contribution in [-0.2, 0) is 10.0 Å². The Hall–Kier alpha value is -0.210. The van der Waals surface area contributed by atoms with E-state index in [-0.39, 0.29) is 14.7 Å². The van der Waals surface area contributed by atoms with E-state index >= 15 is 0 Å². The second-order valence-corrected chi connectivity index (χ2v) is 7.98. The average Bonchev–Trinajstić information content (AvgIpc) is 2.85. The van der Waals surface area contributed by atoms with Gasteiger partial charge in [0.05, 0.1) is 6.20 Å². The van der Waals surface area contributed by atoms with Gasteiger partial charge in [-0.3, -0.25) is 0 Å². The first-order valence-electron chi connectivity index (χ1n) is 5.19. The lowest BCUT2D eigenvalue weighted by molar-refractivity contribution is 0.302. The Morgan fingerprint density at radius 3 is 2.76 bits per heavy atom. The highest BCUT2D eigenvalue weighted by molar-refractivity contribution is 7.91. The molecular weight excluding hydrogens is 282 g/mol. The topological polar surface area (TPSA) is 53.5 Å². The summed E-state index contributed by atoms with van der Waals surface area (Å²) in [6, 6.07) is 0.285. The molecule has 1 unspecified atom stereocenters. The molecular formula is C9H14ClN3O2S2. The number of nitrogens with zero attached hydrogens (tertiary/aromatic N) is 3. The van der Waals surface area contributed by atoms with Crippen LogP contribution in [-0.4, -0.2) is 55.8 Å². The van der Waals surface area contributed by atoms with E-state index in [1.807, 2.05) is 14.1 Å². The van der Waals surface area contributed by atoms with E-state index in [1.54, 1.807) is 0 Å². The molecule has 0 aliphatic carbocycles. The zero-order chi connectivity index (χ0) is 12.6. The van der Waals surface area contributed by atoms with E-state index in [2.05, 4.69) is 9.88 Å². The fourth-order valence-electron chi connectivity index (χ4n) is 1.84. The molecule has 1 aliphatic rings. The van der Waals surface area contributed by atoms with Crippen molar-refractivity contribution in [3.8, 4) is 0 Å². The number of hydrogen-bond acceptors (Lipinski definition) is 5. The third kappa shape index (κ3) is 2.63. The smallest absolute Gasteiger partial charge is 0.254 e. The van der Waals surface area contributed by atoms with Crippen molar-refractivity contribution in [2.75, 3.05) is 27.2 Å². The van der Waals surface area contributed by atoms with Gasteiger partial charge in [0.1, 0.15) is 0 Å². The molecule has 2 heterocycles. The van der Waals surface area contributed by atoms with E-state index in [1.165, 1.54) is 10.5 Å². The number of halogens is 1. The van der Waals surface area contributed by atoms with E-state index in [0.717, 1.165) is 17.8 Å². The molecule has 0 aromatic carbocycles. The molecule has 1 aromatic heterocycles. The monoisotopic (exact) mass is 295 g/mol. The summed E-state index contributed by atoms with van der Waals surface area (Å²) in [5, 5.41) is 0. The van der Waals surface area contributed by atoms with Crippen LogP contribution in [0.5, 0.6) is 0 Å². The van der Waals surface area contributed by atoms with Crippen LogP contribution >= 0.6 is 22.9 Å². The van der Waals surface area contributed by atoms with Gasteiger partial charge >= 0.3 is 0 Å². The van der Waals surface area contributed by atoms with E-state index in [4.69, 9.17) is 11.6 Å². The minimum atomic E-state index is -3.41. The summed E-state index contributed by atoms with van der Waals surface area (Å²) in [5.74, 6) is 0. The second-order valence-electron chi connectivity index (χ2n) is 4.20. The van der Waals surface area contributed by atoms with E-state index < -0.39 is 10.0 Å². The van der Waals surface area contributed by atoms with Crippen LogP contribution in [0, 0.1) is 0 Å². The highest BCUT2D eigenvalue weighted by Gasteiger charge is 2.34. The van der Waals surface area contributed by atoms with Crippen molar-refractivity contribution in [1.29, 1.82) is 0 Å². The maximum Gasteiger partial charge on any atom is 0.254 e. The Labute approximate surface area is 110 Å². The molecule has 17 heavy (non-hydrogen) atoms. The summed E-state index contributed by atoms with van der Waals surface area (Å²) in [4.78, 5) is 5.83. The van der Waals surface area contributed by atoms with E-state index in [0.29, 0.717) is 13.1 Å². The molecule has 1 aliphatic heterocycles. The molecule has 8 heteroatoms. The number of thiazole rings is 1. The predicted octanol–water partition coefficient (Wildman–Crippen LogP) is 1.12. The van der Waals surface area contributed by atoms with Crippen LogP contribution < -0.4 is 0 Å². The lowest BCUT2D eigenvalue weighted by Crippen LogP contribution is -2.34. The van der Waals surface area contributed by atoms with Gasteiger partial charge in [-0.05, 0) is 20.5 Å². The van der Waals surface area contributed by atoms with Crippen molar-refractivity contribution in [2.45, 2.75) is 16.7 Å². The standard InChI is InChI=1S/C9H14ClN3O2S2/c1-12(2)7-3-4-13(6-7)17(14,15)8-5-11-9(10)16-8/h5,7H,3-4,6H2,1-2H3. The van der Waals surface area contributed by atoms with Gasteiger partial charge in [0.15, 0.2) is 8.68 Å². The molecule has 1 atom stereocenters. The lowest BCUT2D eigenvalue weighted by atomic mass is 10.2. The van der Waals surface area contributed by atoms with Gasteiger partial charge < -0.3 is 4.90 Å². The average molecular weight is 296 g/mol. The molecule has 1 saturated heterocycles. The first-order chi connectivity index (χ1) is 7.91. The first kappa shape index (κ1) is 13.2. The summed E-state index contributed by atoms with van der Waals surface area (Å²) in [7, 11) is 0.519. The van der Waals surface area contributed by atoms with Crippen molar-refractivity contribution >= 4 is 33.0 Å². The van der Waals surface area contributed by atoms with Gasteiger partial charge in [0.2, 0.25) is 0 Å². The number of sulfonamides is 1. The highest BCUT2D eigenvalue weighted by Crippen LogP contribution is 2.28. The Bertz CT molecular complexity index is 500. The number of hydrogen-bond donors (Lipinski definition) is 0. The SMILES string of the molecule is CN(C)C1CCN(S(=O)(=O)c2cnc(Cl)s2)C1. The van der Waals surface area contributed by atoms with Crippen molar-refractivity contribution in [3.05, 3.63) is 10.7 Å². The molecule has 0 amide bonds. The summed E-state index contributed by atoms with van der Waals surface area (Å²) in [6.07, 6.45) is 2.18. The zero-order valence-electron chi connectivity index (χ0n) is 9.63. The molecule has 0 radical (unpaired) electrons. The van der Waals surface area contributed by atoms with Crippen LogP contribution in [0.15, 0.2) is 10.4 Å². The third-order valence-corrected chi connectivity index (χ3v) is 6.32. The molecule has 96 valence electrons. The number of aromatic nitrogens is 1. The Balaban J connectivity index is 2.18. The molecule has 0 saturated carbocycles. The van der Waals surface area contributed by atoms with Gasteiger partial charge in [-0.2, -0.15) is 4.31 Å². The molecule has 1 fully saturated rings. The lowest BCUT2D eigenvalue weighted by Gasteiger charge is -2.19. The Morgan fingerprint density at radius 2 is 2.29 bits per heavy atom.